The third-order valence-corrected chi connectivity index (χ3v) is 4.35. The van der Waals surface area contributed by atoms with Gasteiger partial charge in [-0.3, -0.25) is 4.79 Å². The molecule has 2 aromatic carbocycles. The van der Waals surface area contributed by atoms with Crippen LogP contribution in [0.2, 0.25) is 5.02 Å². The second kappa shape index (κ2) is 8.04. The highest BCUT2D eigenvalue weighted by atomic mass is 35.5. The summed E-state index contributed by atoms with van der Waals surface area (Å²) in [5.41, 5.74) is 1.26. The van der Waals surface area contributed by atoms with E-state index in [4.69, 9.17) is 11.6 Å². The SMILES string of the molecule is CCSc1ccccc1C(=O)Nc1cc(C(=O)OC)ccc1Cl. The third kappa shape index (κ3) is 4.27. The monoisotopic (exact) mass is 349 g/mol. The van der Waals surface area contributed by atoms with Gasteiger partial charge >= 0.3 is 5.97 Å². The van der Waals surface area contributed by atoms with Crippen molar-refractivity contribution in [2.75, 3.05) is 18.2 Å². The van der Waals surface area contributed by atoms with Crippen molar-refractivity contribution in [3.63, 3.8) is 0 Å². The van der Waals surface area contributed by atoms with Crippen LogP contribution < -0.4 is 5.32 Å². The van der Waals surface area contributed by atoms with Crippen molar-refractivity contribution >= 4 is 40.9 Å². The van der Waals surface area contributed by atoms with Crippen LogP contribution in [-0.4, -0.2) is 24.7 Å². The van der Waals surface area contributed by atoms with E-state index in [1.807, 2.05) is 19.1 Å². The minimum absolute atomic E-state index is 0.273. The first-order chi connectivity index (χ1) is 11.1. The molecule has 0 heterocycles. The molecule has 1 N–H and O–H groups in total. The van der Waals surface area contributed by atoms with E-state index in [9.17, 15) is 9.59 Å². The van der Waals surface area contributed by atoms with Gasteiger partial charge in [0.2, 0.25) is 0 Å². The lowest BCUT2D eigenvalue weighted by atomic mass is 10.1. The summed E-state index contributed by atoms with van der Waals surface area (Å²) in [6, 6.07) is 11.9. The molecule has 0 unspecified atom stereocenters. The highest BCUT2D eigenvalue weighted by Crippen LogP contribution is 2.27. The molecule has 0 saturated heterocycles. The van der Waals surface area contributed by atoms with Gasteiger partial charge in [-0.15, -0.1) is 11.8 Å². The van der Waals surface area contributed by atoms with E-state index in [0.29, 0.717) is 21.8 Å². The molecule has 4 nitrogen and oxygen atoms in total. The van der Waals surface area contributed by atoms with Gasteiger partial charge in [0.15, 0.2) is 0 Å². The fraction of sp³-hybridized carbons (Fsp3) is 0.176. The summed E-state index contributed by atoms with van der Waals surface area (Å²) in [5.74, 6) is 0.104. The van der Waals surface area contributed by atoms with Crippen LogP contribution in [0.15, 0.2) is 47.4 Å². The zero-order valence-electron chi connectivity index (χ0n) is 12.8. The maximum Gasteiger partial charge on any atom is 0.337 e. The molecule has 0 aromatic heterocycles. The highest BCUT2D eigenvalue weighted by Gasteiger charge is 2.14. The van der Waals surface area contributed by atoms with Crippen LogP contribution in [0.1, 0.15) is 27.6 Å². The molecule has 6 heteroatoms. The third-order valence-electron chi connectivity index (χ3n) is 3.07. The Labute approximate surface area is 144 Å². The summed E-state index contributed by atoms with van der Waals surface area (Å²) in [6.07, 6.45) is 0. The molecule has 0 aliphatic heterocycles. The minimum Gasteiger partial charge on any atom is -0.465 e. The Balaban J connectivity index is 2.28. The number of methoxy groups -OCH3 is 1. The summed E-state index contributed by atoms with van der Waals surface area (Å²) < 4.78 is 4.67. The van der Waals surface area contributed by atoms with Crippen LogP contribution in [0, 0.1) is 0 Å². The van der Waals surface area contributed by atoms with Gasteiger partial charge in [0.05, 0.1) is 28.9 Å². The number of hydrogen-bond acceptors (Lipinski definition) is 4. The highest BCUT2D eigenvalue weighted by molar-refractivity contribution is 7.99. The molecule has 0 spiro atoms. The largest absolute Gasteiger partial charge is 0.465 e. The molecule has 1 amide bonds. The van der Waals surface area contributed by atoms with Crippen molar-refractivity contribution < 1.29 is 14.3 Å². The molecule has 2 rings (SSSR count). The van der Waals surface area contributed by atoms with E-state index in [0.717, 1.165) is 10.6 Å². The number of esters is 1. The van der Waals surface area contributed by atoms with Crippen molar-refractivity contribution in [3.8, 4) is 0 Å². The number of halogens is 1. The molecule has 0 radical (unpaired) electrons. The van der Waals surface area contributed by atoms with E-state index < -0.39 is 5.97 Å². The predicted molar refractivity (Wildman–Crippen MR) is 93.6 cm³/mol. The number of hydrogen-bond donors (Lipinski definition) is 1. The number of amides is 1. The normalized spacial score (nSPS) is 10.2. The zero-order chi connectivity index (χ0) is 16.8. The van der Waals surface area contributed by atoms with Gasteiger partial charge in [0.1, 0.15) is 0 Å². The first kappa shape index (κ1) is 17.4. The van der Waals surface area contributed by atoms with Crippen LogP contribution >= 0.6 is 23.4 Å². The zero-order valence-corrected chi connectivity index (χ0v) is 14.3. The Hall–Kier alpha value is -1.98. The second-order valence-electron chi connectivity index (χ2n) is 4.57. The van der Waals surface area contributed by atoms with Gasteiger partial charge in [0.25, 0.3) is 5.91 Å². The molecule has 0 atom stereocenters. The molecule has 0 aliphatic carbocycles. The Kier molecular flexibility index (Phi) is 6.07. The number of carbonyl (C=O) groups is 2. The lowest BCUT2D eigenvalue weighted by molar-refractivity contribution is 0.0600. The predicted octanol–water partition coefficient (Wildman–Crippen LogP) is 4.49. The van der Waals surface area contributed by atoms with Gasteiger partial charge in [0, 0.05) is 4.90 Å². The van der Waals surface area contributed by atoms with Crippen LogP contribution in [0.4, 0.5) is 5.69 Å². The number of benzene rings is 2. The van der Waals surface area contributed by atoms with Crippen molar-refractivity contribution in [1.29, 1.82) is 0 Å². The molecule has 0 fully saturated rings. The average Bonchev–Trinajstić information content (AvgIpc) is 2.57. The molecule has 2 aromatic rings. The maximum absolute atomic E-state index is 12.5. The number of carbonyl (C=O) groups excluding carboxylic acids is 2. The Morgan fingerprint density at radius 1 is 1.22 bits per heavy atom. The van der Waals surface area contributed by atoms with Crippen molar-refractivity contribution in [2.45, 2.75) is 11.8 Å². The van der Waals surface area contributed by atoms with Gasteiger partial charge in [-0.1, -0.05) is 30.7 Å². The quantitative estimate of drug-likeness (QED) is 0.638. The Morgan fingerprint density at radius 2 is 1.96 bits per heavy atom. The van der Waals surface area contributed by atoms with Crippen molar-refractivity contribution in [2.24, 2.45) is 0 Å². The van der Waals surface area contributed by atoms with Crippen LogP contribution in [0.25, 0.3) is 0 Å². The molecule has 0 bridgehead atoms. The number of anilines is 1. The molecule has 120 valence electrons. The smallest absolute Gasteiger partial charge is 0.337 e. The topological polar surface area (TPSA) is 55.4 Å². The van der Waals surface area contributed by atoms with Crippen LogP contribution in [0.3, 0.4) is 0 Å². The van der Waals surface area contributed by atoms with E-state index in [1.54, 1.807) is 36.0 Å². The molecular weight excluding hydrogens is 334 g/mol. The number of nitrogens with one attached hydrogen (secondary N) is 1. The van der Waals surface area contributed by atoms with E-state index in [-0.39, 0.29) is 5.91 Å². The summed E-state index contributed by atoms with van der Waals surface area (Å²) in [5, 5.41) is 3.11. The average molecular weight is 350 g/mol. The first-order valence-corrected chi connectivity index (χ1v) is 8.34. The van der Waals surface area contributed by atoms with Crippen molar-refractivity contribution in [1.82, 2.24) is 0 Å². The van der Waals surface area contributed by atoms with Crippen LogP contribution in [0.5, 0.6) is 0 Å². The Bertz CT molecular complexity index is 734. The van der Waals surface area contributed by atoms with Gasteiger partial charge < -0.3 is 10.1 Å². The summed E-state index contributed by atoms with van der Waals surface area (Å²) in [4.78, 5) is 25.0. The van der Waals surface area contributed by atoms with Crippen LogP contribution in [-0.2, 0) is 4.74 Å². The number of rotatable bonds is 5. The fourth-order valence-electron chi connectivity index (χ4n) is 1.99. The van der Waals surface area contributed by atoms with E-state index >= 15 is 0 Å². The standard InChI is InChI=1S/C17H16ClNO3S/c1-3-23-15-7-5-4-6-12(15)16(20)19-14-10-11(17(21)22-2)8-9-13(14)18/h4-10H,3H2,1-2H3,(H,19,20). The van der Waals surface area contributed by atoms with E-state index in [2.05, 4.69) is 10.1 Å². The molecular formula is C17H16ClNO3S. The Morgan fingerprint density at radius 3 is 2.65 bits per heavy atom. The fourth-order valence-corrected chi connectivity index (χ4v) is 2.96. The lowest BCUT2D eigenvalue weighted by Crippen LogP contribution is -2.14. The number of ether oxygens (including phenoxy) is 1. The van der Waals surface area contributed by atoms with E-state index in [1.165, 1.54) is 13.2 Å². The van der Waals surface area contributed by atoms with Gasteiger partial charge in [-0.25, -0.2) is 4.79 Å². The number of thioether (sulfide) groups is 1. The summed E-state index contributed by atoms with van der Waals surface area (Å²) >= 11 is 7.69. The first-order valence-electron chi connectivity index (χ1n) is 6.97. The van der Waals surface area contributed by atoms with Gasteiger partial charge in [-0.2, -0.15) is 0 Å². The molecule has 0 saturated carbocycles. The maximum atomic E-state index is 12.5. The van der Waals surface area contributed by atoms with Gasteiger partial charge in [-0.05, 0) is 36.1 Å². The second-order valence-corrected chi connectivity index (χ2v) is 6.28. The lowest BCUT2D eigenvalue weighted by Gasteiger charge is -2.11. The summed E-state index contributed by atoms with van der Waals surface area (Å²) in [6.45, 7) is 2.02. The molecule has 23 heavy (non-hydrogen) atoms. The summed E-state index contributed by atoms with van der Waals surface area (Å²) in [7, 11) is 1.30. The minimum atomic E-state index is -0.487. The molecule has 0 aliphatic rings. The van der Waals surface area contributed by atoms with Crippen molar-refractivity contribution in [3.05, 3.63) is 58.6 Å².